The lowest BCUT2D eigenvalue weighted by Gasteiger charge is -2.32. The lowest BCUT2D eigenvalue weighted by molar-refractivity contribution is 0.0928. The number of nitrogens with one attached hydrogen (secondary N) is 1. The molecule has 1 saturated heterocycles. The second-order valence-electron chi connectivity index (χ2n) is 8.42. The minimum Gasteiger partial charge on any atom is -0.496 e. The van der Waals surface area contributed by atoms with E-state index in [1.54, 1.807) is 24.5 Å². The van der Waals surface area contributed by atoms with Gasteiger partial charge in [0.1, 0.15) is 5.75 Å². The van der Waals surface area contributed by atoms with Crippen LogP contribution in [-0.2, 0) is 0 Å². The van der Waals surface area contributed by atoms with E-state index in [0.717, 1.165) is 52.8 Å². The van der Waals surface area contributed by atoms with Crippen LogP contribution < -0.4 is 15.0 Å². The molecule has 0 atom stereocenters. The first-order valence-corrected chi connectivity index (χ1v) is 12.0. The summed E-state index contributed by atoms with van der Waals surface area (Å²) in [5, 5.41) is 8.91. The third kappa shape index (κ3) is 4.18. The average Bonchev–Trinajstić information content (AvgIpc) is 3.40. The van der Waals surface area contributed by atoms with Crippen LogP contribution in [0, 0.1) is 13.8 Å². The number of piperidine rings is 1. The Hall–Kier alpha value is -3.39. The number of methoxy groups -OCH3 is 1. The SMILES string of the molecule is COc1ccccc1C(=O)NC1CCN(c2nc3c(s2)c(C)nn3-c2cccc(C)c2)CC1. The monoisotopic (exact) mass is 461 g/mol. The summed E-state index contributed by atoms with van der Waals surface area (Å²) in [6.45, 7) is 5.82. The van der Waals surface area contributed by atoms with Gasteiger partial charge in [0, 0.05) is 19.1 Å². The van der Waals surface area contributed by atoms with Crippen molar-refractivity contribution in [1.29, 1.82) is 0 Å². The van der Waals surface area contributed by atoms with Gasteiger partial charge in [-0.2, -0.15) is 10.1 Å². The van der Waals surface area contributed by atoms with Crippen LogP contribution in [0.4, 0.5) is 5.13 Å². The average molecular weight is 462 g/mol. The van der Waals surface area contributed by atoms with E-state index in [9.17, 15) is 4.79 Å². The molecule has 0 spiro atoms. The molecule has 33 heavy (non-hydrogen) atoms. The van der Waals surface area contributed by atoms with Crippen LogP contribution in [0.15, 0.2) is 48.5 Å². The molecule has 5 rings (SSSR count). The molecule has 1 amide bonds. The van der Waals surface area contributed by atoms with Crippen molar-refractivity contribution < 1.29 is 9.53 Å². The van der Waals surface area contributed by atoms with E-state index in [0.29, 0.717) is 11.3 Å². The van der Waals surface area contributed by atoms with Gasteiger partial charge in [0.15, 0.2) is 10.8 Å². The van der Waals surface area contributed by atoms with Crippen molar-refractivity contribution in [1.82, 2.24) is 20.1 Å². The first kappa shape index (κ1) is 21.5. The number of anilines is 1. The summed E-state index contributed by atoms with van der Waals surface area (Å²) in [5.41, 5.74) is 4.70. The number of para-hydroxylation sites is 1. The second kappa shape index (κ2) is 8.86. The molecule has 0 saturated carbocycles. The molecule has 8 heteroatoms. The number of rotatable bonds is 5. The number of fused-ring (bicyclic) bond motifs is 1. The number of benzene rings is 2. The minimum atomic E-state index is -0.0836. The Balaban J connectivity index is 1.29. The Morgan fingerprint density at radius 1 is 1.12 bits per heavy atom. The fourth-order valence-corrected chi connectivity index (χ4v) is 5.35. The minimum absolute atomic E-state index is 0.0836. The molecule has 4 aromatic rings. The van der Waals surface area contributed by atoms with Crippen LogP contribution in [0.2, 0.25) is 0 Å². The van der Waals surface area contributed by atoms with Crippen LogP contribution in [0.1, 0.15) is 34.5 Å². The highest BCUT2D eigenvalue weighted by molar-refractivity contribution is 7.22. The Bertz CT molecular complexity index is 1300. The summed E-state index contributed by atoms with van der Waals surface area (Å²) in [4.78, 5) is 20.0. The maximum absolute atomic E-state index is 12.7. The second-order valence-corrected chi connectivity index (χ2v) is 9.40. The summed E-state index contributed by atoms with van der Waals surface area (Å²) >= 11 is 1.69. The molecule has 2 aromatic heterocycles. The zero-order valence-corrected chi connectivity index (χ0v) is 19.9. The molecular formula is C25H27N5O2S. The largest absolute Gasteiger partial charge is 0.496 e. The summed E-state index contributed by atoms with van der Waals surface area (Å²) in [6.07, 6.45) is 1.75. The van der Waals surface area contributed by atoms with Crippen molar-refractivity contribution >= 4 is 32.7 Å². The van der Waals surface area contributed by atoms with Crippen LogP contribution in [0.25, 0.3) is 16.0 Å². The first-order valence-electron chi connectivity index (χ1n) is 11.2. The van der Waals surface area contributed by atoms with Crippen LogP contribution in [-0.4, -0.2) is 46.9 Å². The van der Waals surface area contributed by atoms with Gasteiger partial charge in [-0.25, -0.2) is 4.68 Å². The van der Waals surface area contributed by atoms with Crippen LogP contribution in [0.3, 0.4) is 0 Å². The van der Waals surface area contributed by atoms with E-state index in [1.165, 1.54) is 5.56 Å². The Morgan fingerprint density at radius 2 is 1.91 bits per heavy atom. The predicted molar refractivity (Wildman–Crippen MR) is 132 cm³/mol. The normalized spacial score (nSPS) is 14.6. The highest BCUT2D eigenvalue weighted by atomic mass is 32.1. The molecule has 170 valence electrons. The van der Waals surface area contributed by atoms with Crippen LogP contribution >= 0.6 is 11.3 Å². The molecule has 2 aromatic carbocycles. The number of ether oxygens (including phenoxy) is 1. The van der Waals surface area contributed by atoms with E-state index >= 15 is 0 Å². The fraction of sp³-hybridized carbons (Fsp3) is 0.320. The standard InChI is InChI=1S/C25H27N5O2S/c1-16-7-6-8-19(15-16)30-23-22(17(2)28-30)33-25(27-23)29-13-11-18(12-14-29)26-24(31)20-9-4-5-10-21(20)32-3/h4-10,15,18H,11-14H2,1-3H3,(H,26,31). The third-order valence-corrected chi connectivity index (χ3v) is 7.29. The molecule has 0 unspecified atom stereocenters. The number of aryl methyl sites for hydroxylation is 2. The lowest BCUT2D eigenvalue weighted by atomic mass is 10.0. The molecule has 3 heterocycles. The van der Waals surface area contributed by atoms with Crippen LogP contribution in [0.5, 0.6) is 5.75 Å². The maximum atomic E-state index is 12.7. The van der Waals surface area contributed by atoms with Gasteiger partial charge in [-0.05, 0) is 56.5 Å². The molecule has 7 nitrogen and oxygen atoms in total. The van der Waals surface area contributed by atoms with Crippen molar-refractivity contribution in [3.63, 3.8) is 0 Å². The van der Waals surface area contributed by atoms with Gasteiger partial charge in [0.2, 0.25) is 0 Å². The lowest BCUT2D eigenvalue weighted by Crippen LogP contribution is -2.44. The topological polar surface area (TPSA) is 72.3 Å². The van der Waals surface area contributed by atoms with Crippen molar-refractivity contribution in [2.24, 2.45) is 0 Å². The van der Waals surface area contributed by atoms with E-state index in [-0.39, 0.29) is 11.9 Å². The van der Waals surface area contributed by atoms with E-state index in [4.69, 9.17) is 14.8 Å². The number of thiazole rings is 1. The fourth-order valence-electron chi connectivity index (χ4n) is 4.31. The van der Waals surface area contributed by atoms with Gasteiger partial charge in [-0.3, -0.25) is 4.79 Å². The number of amides is 1. The quantitative estimate of drug-likeness (QED) is 0.474. The number of nitrogens with zero attached hydrogens (tertiary/aromatic N) is 4. The van der Waals surface area contributed by atoms with Crippen molar-refractivity contribution in [3.05, 3.63) is 65.4 Å². The summed E-state index contributed by atoms with van der Waals surface area (Å²) in [5.74, 6) is 0.514. The predicted octanol–water partition coefficient (Wildman–Crippen LogP) is 4.51. The number of carbonyl (C=O) groups excluding carboxylic acids is 1. The van der Waals surface area contributed by atoms with Crippen molar-refractivity contribution in [2.45, 2.75) is 32.7 Å². The van der Waals surface area contributed by atoms with Gasteiger partial charge < -0.3 is 15.0 Å². The van der Waals surface area contributed by atoms with Gasteiger partial charge in [0.25, 0.3) is 5.91 Å². The molecule has 0 aliphatic carbocycles. The summed E-state index contributed by atoms with van der Waals surface area (Å²) in [7, 11) is 1.59. The van der Waals surface area contributed by atoms with Gasteiger partial charge in [-0.1, -0.05) is 35.6 Å². The molecule has 0 radical (unpaired) electrons. The van der Waals surface area contributed by atoms with E-state index in [2.05, 4.69) is 35.3 Å². The smallest absolute Gasteiger partial charge is 0.255 e. The zero-order valence-electron chi connectivity index (χ0n) is 19.0. The van der Waals surface area contributed by atoms with E-state index in [1.807, 2.05) is 35.9 Å². The molecule has 1 aliphatic rings. The Labute approximate surface area is 197 Å². The Morgan fingerprint density at radius 3 is 2.67 bits per heavy atom. The number of hydrogen-bond donors (Lipinski definition) is 1. The summed E-state index contributed by atoms with van der Waals surface area (Å²) < 4.78 is 8.39. The molecule has 1 fully saturated rings. The van der Waals surface area contributed by atoms with Crippen molar-refractivity contribution in [3.8, 4) is 11.4 Å². The number of aromatic nitrogens is 3. The number of hydrogen-bond acceptors (Lipinski definition) is 6. The first-order chi connectivity index (χ1) is 16.0. The third-order valence-electron chi connectivity index (χ3n) is 6.08. The van der Waals surface area contributed by atoms with Gasteiger partial charge in [0.05, 0.1) is 28.8 Å². The van der Waals surface area contributed by atoms with Gasteiger partial charge in [-0.15, -0.1) is 0 Å². The Kier molecular flexibility index (Phi) is 5.76. The van der Waals surface area contributed by atoms with Crippen molar-refractivity contribution in [2.75, 3.05) is 25.1 Å². The summed E-state index contributed by atoms with van der Waals surface area (Å²) in [6, 6.07) is 15.8. The van der Waals surface area contributed by atoms with E-state index < -0.39 is 0 Å². The highest BCUT2D eigenvalue weighted by Gasteiger charge is 2.25. The molecule has 0 bridgehead atoms. The molecule has 1 N–H and O–H groups in total. The molecule has 1 aliphatic heterocycles. The molecular weight excluding hydrogens is 434 g/mol. The van der Waals surface area contributed by atoms with Gasteiger partial charge >= 0.3 is 0 Å². The highest BCUT2D eigenvalue weighted by Crippen LogP contribution is 2.34. The number of carbonyl (C=O) groups is 1. The zero-order chi connectivity index (χ0) is 22.9. The maximum Gasteiger partial charge on any atom is 0.255 e.